The van der Waals surface area contributed by atoms with Gasteiger partial charge >= 0.3 is 0 Å². The first-order valence-corrected chi connectivity index (χ1v) is 6.11. The van der Waals surface area contributed by atoms with Gasteiger partial charge in [-0.3, -0.25) is 0 Å². The van der Waals surface area contributed by atoms with Gasteiger partial charge < -0.3 is 5.32 Å². The molecule has 1 aromatic heterocycles. The van der Waals surface area contributed by atoms with Crippen LogP contribution in [0.5, 0.6) is 0 Å². The molecule has 1 heterocycles. The molecule has 0 amide bonds. The van der Waals surface area contributed by atoms with Crippen molar-refractivity contribution in [2.45, 2.75) is 32.2 Å². The van der Waals surface area contributed by atoms with Crippen LogP contribution in [-0.2, 0) is 0 Å². The Morgan fingerprint density at radius 2 is 2.46 bits per heavy atom. The van der Waals surface area contributed by atoms with Gasteiger partial charge in [0.2, 0.25) is 0 Å². The molecule has 1 nitrogen and oxygen atoms in total. The molecule has 0 saturated heterocycles. The average Bonchev–Trinajstić information content (AvgIpc) is 2.82. The second-order valence-corrected chi connectivity index (χ2v) is 4.61. The summed E-state index contributed by atoms with van der Waals surface area (Å²) in [5.41, 5.74) is 1.50. The fourth-order valence-electron chi connectivity index (χ4n) is 1.74. The van der Waals surface area contributed by atoms with Gasteiger partial charge in [-0.05, 0) is 54.1 Å². The minimum atomic E-state index is 0.645. The number of hydrogen-bond donors (Lipinski definition) is 1. The molecule has 1 unspecified atom stereocenters. The molecule has 0 radical (unpaired) electrons. The molecule has 1 aliphatic rings. The first-order chi connectivity index (χ1) is 6.42. The minimum Gasteiger partial charge on any atom is -0.310 e. The summed E-state index contributed by atoms with van der Waals surface area (Å²) in [4.78, 5) is 0. The van der Waals surface area contributed by atoms with E-state index in [1.54, 1.807) is 11.3 Å². The highest BCUT2D eigenvalue weighted by Crippen LogP contribution is 2.41. The molecule has 1 atom stereocenters. The van der Waals surface area contributed by atoms with Crippen LogP contribution in [-0.4, -0.2) is 6.54 Å². The lowest BCUT2D eigenvalue weighted by molar-refractivity contribution is 0.482. The van der Waals surface area contributed by atoms with Crippen LogP contribution in [0.2, 0.25) is 0 Å². The third-order valence-corrected chi connectivity index (χ3v) is 3.31. The smallest absolute Gasteiger partial charge is 0.0356 e. The van der Waals surface area contributed by atoms with Crippen LogP contribution >= 0.6 is 11.3 Å². The van der Waals surface area contributed by atoms with Gasteiger partial charge in [0.1, 0.15) is 0 Å². The summed E-state index contributed by atoms with van der Waals surface area (Å²) >= 11 is 1.81. The maximum atomic E-state index is 3.64. The van der Waals surface area contributed by atoms with Crippen molar-refractivity contribution in [2.75, 3.05) is 6.54 Å². The van der Waals surface area contributed by atoms with Crippen LogP contribution in [0.4, 0.5) is 0 Å². The van der Waals surface area contributed by atoms with Gasteiger partial charge in [-0.15, -0.1) is 0 Å². The fourth-order valence-corrected chi connectivity index (χ4v) is 2.43. The molecule has 0 aromatic carbocycles. The molecule has 1 aromatic rings. The summed E-state index contributed by atoms with van der Waals surface area (Å²) in [6.45, 7) is 3.38. The van der Waals surface area contributed by atoms with E-state index in [-0.39, 0.29) is 0 Å². The summed E-state index contributed by atoms with van der Waals surface area (Å²) in [6.07, 6.45) is 4.06. The number of nitrogens with one attached hydrogen (secondary N) is 1. The molecule has 2 heteroatoms. The van der Waals surface area contributed by atoms with Crippen molar-refractivity contribution < 1.29 is 0 Å². The first kappa shape index (κ1) is 9.22. The summed E-state index contributed by atoms with van der Waals surface area (Å²) in [6, 6.07) is 2.90. The van der Waals surface area contributed by atoms with Gasteiger partial charge in [-0.2, -0.15) is 11.3 Å². The van der Waals surface area contributed by atoms with Crippen molar-refractivity contribution in [3.05, 3.63) is 22.4 Å². The molecular weight excluding hydrogens is 178 g/mol. The van der Waals surface area contributed by atoms with Crippen LogP contribution < -0.4 is 5.32 Å². The van der Waals surface area contributed by atoms with Crippen molar-refractivity contribution in [1.82, 2.24) is 5.32 Å². The van der Waals surface area contributed by atoms with Crippen molar-refractivity contribution in [2.24, 2.45) is 5.92 Å². The van der Waals surface area contributed by atoms with Crippen molar-refractivity contribution in [1.29, 1.82) is 0 Å². The molecular formula is C11H17NS. The predicted octanol–water partition coefficient (Wildman–Crippen LogP) is 3.20. The second-order valence-electron chi connectivity index (χ2n) is 3.83. The lowest BCUT2D eigenvalue weighted by atomic mass is 10.1. The van der Waals surface area contributed by atoms with Crippen LogP contribution in [0.3, 0.4) is 0 Å². The summed E-state index contributed by atoms with van der Waals surface area (Å²) < 4.78 is 0. The van der Waals surface area contributed by atoms with E-state index in [0.717, 1.165) is 12.5 Å². The summed E-state index contributed by atoms with van der Waals surface area (Å²) in [7, 11) is 0. The van der Waals surface area contributed by atoms with Crippen LogP contribution in [0.1, 0.15) is 37.8 Å². The molecule has 2 rings (SSSR count). The summed E-state index contributed by atoms with van der Waals surface area (Å²) in [5, 5.41) is 8.10. The Kier molecular flexibility index (Phi) is 3.01. The molecule has 1 saturated carbocycles. The Bertz CT molecular complexity index is 239. The van der Waals surface area contributed by atoms with Crippen molar-refractivity contribution >= 4 is 11.3 Å². The summed E-state index contributed by atoms with van der Waals surface area (Å²) in [5.74, 6) is 0.918. The Hall–Kier alpha value is -0.340. The zero-order chi connectivity index (χ0) is 9.10. The van der Waals surface area contributed by atoms with Gasteiger partial charge in [0.05, 0.1) is 0 Å². The normalized spacial score (nSPS) is 18.8. The van der Waals surface area contributed by atoms with Gasteiger partial charge in [0.25, 0.3) is 0 Å². The molecule has 0 spiro atoms. The van der Waals surface area contributed by atoms with Crippen LogP contribution in [0.25, 0.3) is 0 Å². The van der Waals surface area contributed by atoms with E-state index in [1.807, 2.05) is 0 Å². The van der Waals surface area contributed by atoms with E-state index in [1.165, 1.54) is 24.8 Å². The lowest BCUT2D eigenvalue weighted by Gasteiger charge is -2.16. The quantitative estimate of drug-likeness (QED) is 0.761. The standard InChI is InChI=1S/C11H17NS/c1-2-6-12-11(9-3-4-9)10-5-7-13-8-10/h5,7-9,11-12H,2-4,6H2,1H3. The van der Waals surface area contributed by atoms with Gasteiger partial charge in [0.15, 0.2) is 0 Å². The first-order valence-electron chi connectivity index (χ1n) is 5.17. The van der Waals surface area contributed by atoms with Gasteiger partial charge in [0, 0.05) is 6.04 Å². The van der Waals surface area contributed by atoms with E-state index in [2.05, 4.69) is 29.1 Å². The second kappa shape index (κ2) is 4.25. The highest BCUT2D eigenvalue weighted by atomic mass is 32.1. The third kappa shape index (κ3) is 2.32. The predicted molar refractivity (Wildman–Crippen MR) is 58.1 cm³/mol. The van der Waals surface area contributed by atoms with Crippen LogP contribution in [0.15, 0.2) is 16.8 Å². The SMILES string of the molecule is CCCNC(c1ccsc1)C1CC1. The van der Waals surface area contributed by atoms with E-state index in [9.17, 15) is 0 Å². The van der Waals surface area contributed by atoms with Gasteiger partial charge in [-0.25, -0.2) is 0 Å². The molecule has 1 N–H and O–H groups in total. The van der Waals surface area contributed by atoms with E-state index >= 15 is 0 Å². The lowest BCUT2D eigenvalue weighted by Crippen LogP contribution is -2.23. The Labute approximate surface area is 84.2 Å². The Morgan fingerprint density at radius 1 is 1.62 bits per heavy atom. The van der Waals surface area contributed by atoms with Gasteiger partial charge in [-0.1, -0.05) is 6.92 Å². The minimum absolute atomic E-state index is 0.645. The molecule has 13 heavy (non-hydrogen) atoms. The van der Waals surface area contributed by atoms with E-state index in [0.29, 0.717) is 6.04 Å². The molecule has 1 fully saturated rings. The number of thiophene rings is 1. The fraction of sp³-hybridized carbons (Fsp3) is 0.636. The number of hydrogen-bond acceptors (Lipinski definition) is 2. The Balaban J connectivity index is 1.97. The molecule has 72 valence electrons. The third-order valence-electron chi connectivity index (χ3n) is 2.61. The zero-order valence-corrected chi connectivity index (χ0v) is 8.94. The Morgan fingerprint density at radius 3 is 3.00 bits per heavy atom. The topological polar surface area (TPSA) is 12.0 Å². The molecule has 0 bridgehead atoms. The van der Waals surface area contributed by atoms with Crippen LogP contribution in [0, 0.1) is 5.92 Å². The number of rotatable bonds is 5. The maximum absolute atomic E-state index is 3.64. The zero-order valence-electron chi connectivity index (χ0n) is 8.12. The van der Waals surface area contributed by atoms with Crippen molar-refractivity contribution in [3.63, 3.8) is 0 Å². The highest BCUT2D eigenvalue weighted by Gasteiger charge is 2.31. The van der Waals surface area contributed by atoms with E-state index in [4.69, 9.17) is 0 Å². The van der Waals surface area contributed by atoms with Crippen molar-refractivity contribution in [3.8, 4) is 0 Å². The van der Waals surface area contributed by atoms with E-state index < -0.39 is 0 Å². The monoisotopic (exact) mass is 195 g/mol. The molecule has 1 aliphatic carbocycles. The highest BCUT2D eigenvalue weighted by molar-refractivity contribution is 7.07. The largest absolute Gasteiger partial charge is 0.310 e. The maximum Gasteiger partial charge on any atom is 0.0356 e. The average molecular weight is 195 g/mol. The molecule has 0 aliphatic heterocycles.